The summed E-state index contributed by atoms with van der Waals surface area (Å²) in [6.07, 6.45) is 3.16. The first-order valence-electron chi connectivity index (χ1n) is 9.06. The van der Waals surface area contributed by atoms with Crippen LogP contribution in [0.3, 0.4) is 0 Å². The van der Waals surface area contributed by atoms with E-state index in [2.05, 4.69) is 10.2 Å². The fourth-order valence-electron chi connectivity index (χ4n) is 3.45. The fourth-order valence-corrected chi connectivity index (χ4v) is 3.45. The van der Waals surface area contributed by atoms with Crippen molar-refractivity contribution >= 4 is 5.91 Å². The van der Waals surface area contributed by atoms with Crippen molar-refractivity contribution in [3.63, 3.8) is 0 Å². The Labute approximate surface area is 156 Å². The molecule has 1 saturated heterocycles. The van der Waals surface area contributed by atoms with Gasteiger partial charge in [-0.3, -0.25) is 14.3 Å². The number of carbonyl (C=O) groups excluding carboxylic acids is 1. The smallest absolute Gasteiger partial charge is 0.274 e. The van der Waals surface area contributed by atoms with E-state index in [1.165, 1.54) is 0 Å². The molecule has 0 spiro atoms. The number of aromatic nitrogens is 4. The van der Waals surface area contributed by atoms with Crippen molar-refractivity contribution in [3.8, 4) is 11.3 Å². The fraction of sp³-hybridized carbons (Fsp3) is 0.300. The summed E-state index contributed by atoms with van der Waals surface area (Å²) in [5, 5.41) is 8.76. The number of aryl methyl sites for hydroxylation is 1. The van der Waals surface area contributed by atoms with E-state index in [9.17, 15) is 9.59 Å². The second kappa shape index (κ2) is 7.19. The molecule has 2 aromatic heterocycles. The third-order valence-corrected chi connectivity index (χ3v) is 4.92. The van der Waals surface area contributed by atoms with E-state index in [-0.39, 0.29) is 17.5 Å². The number of amides is 1. The van der Waals surface area contributed by atoms with Gasteiger partial charge in [-0.2, -0.15) is 10.2 Å². The van der Waals surface area contributed by atoms with Gasteiger partial charge in [-0.05, 0) is 25.0 Å². The molecule has 0 atom stereocenters. The first-order valence-corrected chi connectivity index (χ1v) is 9.06. The number of rotatable bonds is 3. The van der Waals surface area contributed by atoms with Crippen LogP contribution < -0.4 is 5.56 Å². The second-order valence-corrected chi connectivity index (χ2v) is 6.77. The van der Waals surface area contributed by atoms with E-state index in [4.69, 9.17) is 0 Å². The highest BCUT2D eigenvalue weighted by Crippen LogP contribution is 2.23. The molecule has 7 heteroatoms. The standard InChI is InChI=1S/C20H21N5O2/c1-23-12-11-18(21-23)20(27)24-13-9-16(10-14-24)25-19(26)8-7-17(22-25)15-5-3-2-4-6-15/h2-8,11-12,16H,9-10,13-14H2,1H3. The number of nitrogens with zero attached hydrogens (tertiary/aromatic N) is 5. The third-order valence-electron chi connectivity index (χ3n) is 4.92. The maximum Gasteiger partial charge on any atom is 0.274 e. The molecule has 138 valence electrons. The Morgan fingerprint density at radius 2 is 1.74 bits per heavy atom. The normalized spacial score (nSPS) is 15.1. The zero-order valence-corrected chi connectivity index (χ0v) is 15.2. The summed E-state index contributed by atoms with van der Waals surface area (Å²) in [5.41, 5.74) is 2.11. The van der Waals surface area contributed by atoms with Gasteiger partial charge in [0.25, 0.3) is 11.5 Å². The van der Waals surface area contributed by atoms with Crippen molar-refractivity contribution in [2.24, 2.45) is 7.05 Å². The van der Waals surface area contributed by atoms with Gasteiger partial charge < -0.3 is 4.90 Å². The molecule has 0 bridgehead atoms. The van der Waals surface area contributed by atoms with Gasteiger partial charge in [0.1, 0.15) is 5.69 Å². The van der Waals surface area contributed by atoms with Gasteiger partial charge in [0.2, 0.25) is 0 Å². The summed E-state index contributed by atoms with van der Waals surface area (Å²) in [7, 11) is 1.79. The highest BCUT2D eigenvalue weighted by atomic mass is 16.2. The predicted molar refractivity (Wildman–Crippen MR) is 101 cm³/mol. The minimum Gasteiger partial charge on any atom is -0.337 e. The molecule has 1 aromatic carbocycles. The van der Waals surface area contributed by atoms with Crippen molar-refractivity contribution in [2.45, 2.75) is 18.9 Å². The van der Waals surface area contributed by atoms with Gasteiger partial charge in [0.05, 0.1) is 11.7 Å². The number of piperidine rings is 1. The Balaban J connectivity index is 1.50. The molecular formula is C20H21N5O2. The van der Waals surface area contributed by atoms with Gasteiger partial charge >= 0.3 is 0 Å². The van der Waals surface area contributed by atoms with Gasteiger partial charge in [0, 0.05) is 38.0 Å². The summed E-state index contributed by atoms with van der Waals surface area (Å²) >= 11 is 0. The summed E-state index contributed by atoms with van der Waals surface area (Å²) in [6, 6.07) is 14.9. The highest BCUT2D eigenvalue weighted by Gasteiger charge is 2.26. The average molecular weight is 363 g/mol. The third kappa shape index (κ3) is 3.53. The van der Waals surface area contributed by atoms with Crippen LogP contribution in [0.25, 0.3) is 11.3 Å². The predicted octanol–water partition coefficient (Wildman–Crippen LogP) is 2.12. The quantitative estimate of drug-likeness (QED) is 0.714. The Bertz CT molecular complexity index is 1000. The Morgan fingerprint density at radius 3 is 2.41 bits per heavy atom. The largest absolute Gasteiger partial charge is 0.337 e. The van der Waals surface area contributed by atoms with Crippen LogP contribution in [0.15, 0.2) is 59.5 Å². The van der Waals surface area contributed by atoms with Crippen molar-refractivity contribution in [3.05, 3.63) is 70.8 Å². The number of hydrogen-bond donors (Lipinski definition) is 0. The molecule has 3 heterocycles. The molecule has 1 aliphatic heterocycles. The van der Waals surface area contributed by atoms with Gasteiger partial charge in [-0.1, -0.05) is 30.3 Å². The van der Waals surface area contributed by atoms with Gasteiger partial charge in [-0.15, -0.1) is 0 Å². The number of benzene rings is 1. The average Bonchev–Trinajstić information content (AvgIpc) is 3.15. The van der Waals surface area contributed by atoms with Crippen LogP contribution in [0.5, 0.6) is 0 Å². The topological polar surface area (TPSA) is 73.0 Å². The van der Waals surface area contributed by atoms with Crippen molar-refractivity contribution < 1.29 is 4.79 Å². The molecule has 7 nitrogen and oxygen atoms in total. The number of carbonyl (C=O) groups is 1. The minimum atomic E-state index is -0.107. The molecule has 1 fully saturated rings. The molecule has 0 aliphatic carbocycles. The van der Waals surface area contributed by atoms with Crippen molar-refractivity contribution in [2.75, 3.05) is 13.1 Å². The first-order chi connectivity index (χ1) is 13.1. The zero-order chi connectivity index (χ0) is 18.8. The summed E-state index contributed by atoms with van der Waals surface area (Å²) < 4.78 is 3.20. The molecule has 1 aliphatic rings. The van der Waals surface area contributed by atoms with E-state index in [0.717, 1.165) is 11.3 Å². The van der Waals surface area contributed by atoms with Crippen LogP contribution in [0.4, 0.5) is 0 Å². The molecule has 3 aromatic rings. The molecule has 0 radical (unpaired) electrons. The maximum atomic E-state index is 12.5. The van der Waals surface area contributed by atoms with E-state index in [0.29, 0.717) is 31.6 Å². The molecule has 1 amide bonds. The Morgan fingerprint density at radius 1 is 1.00 bits per heavy atom. The van der Waals surface area contributed by atoms with Crippen LogP contribution in [-0.4, -0.2) is 43.5 Å². The van der Waals surface area contributed by atoms with E-state index in [1.807, 2.05) is 30.3 Å². The monoisotopic (exact) mass is 363 g/mol. The molecule has 0 saturated carbocycles. The van der Waals surface area contributed by atoms with Gasteiger partial charge in [-0.25, -0.2) is 4.68 Å². The Hall–Kier alpha value is -3.22. The molecule has 4 rings (SSSR count). The SMILES string of the molecule is Cn1ccc(C(=O)N2CCC(n3nc(-c4ccccc4)ccc3=O)CC2)n1. The van der Waals surface area contributed by atoms with E-state index in [1.54, 1.807) is 45.7 Å². The second-order valence-electron chi connectivity index (χ2n) is 6.77. The maximum absolute atomic E-state index is 12.5. The molecular weight excluding hydrogens is 342 g/mol. The van der Waals surface area contributed by atoms with Crippen molar-refractivity contribution in [1.29, 1.82) is 0 Å². The zero-order valence-electron chi connectivity index (χ0n) is 15.2. The highest BCUT2D eigenvalue weighted by molar-refractivity contribution is 5.92. The number of hydrogen-bond acceptors (Lipinski definition) is 4. The minimum absolute atomic E-state index is 0.00561. The van der Waals surface area contributed by atoms with Crippen LogP contribution >= 0.6 is 0 Å². The lowest BCUT2D eigenvalue weighted by molar-refractivity contribution is 0.0681. The van der Waals surface area contributed by atoms with Crippen LogP contribution in [-0.2, 0) is 7.05 Å². The summed E-state index contributed by atoms with van der Waals surface area (Å²) in [4.78, 5) is 26.7. The number of likely N-dealkylation sites (tertiary alicyclic amines) is 1. The van der Waals surface area contributed by atoms with Crippen molar-refractivity contribution in [1.82, 2.24) is 24.5 Å². The molecule has 0 N–H and O–H groups in total. The van der Waals surface area contributed by atoms with E-state index >= 15 is 0 Å². The van der Waals surface area contributed by atoms with Crippen LogP contribution in [0.1, 0.15) is 29.4 Å². The van der Waals surface area contributed by atoms with Gasteiger partial charge in [0.15, 0.2) is 0 Å². The van der Waals surface area contributed by atoms with Crippen LogP contribution in [0.2, 0.25) is 0 Å². The molecule has 27 heavy (non-hydrogen) atoms. The molecule has 0 unspecified atom stereocenters. The lowest BCUT2D eigenvalue weighted by atomic mass is 10.0. The summed E-state index contributed by atoms with van der Waals surface area (Å²) in [5.74, 6) is -0.0626. The Kier molecular flexibility index (Phi) is 4.58. The summed E-state index contributed by atoms with van der Waals surface area (Å²) in [6.45, 7) is 1.17. The van der Waals surface area contributed by atoms with E-state index < -0.39 is 0 Å². The lowest BCUT2D eigenvalue weighted by Gasteiger charge is -2.32. The lowest BCUT2D eigenvalue weighted by Crippen LogP contribution is -2.41. The van der Waals surface area contributed by atoms with Crippen LogP contribution in [0, 0.1) is 0 Å². The first kappa shape index (κ1) is 17.2.